The van der Waals surface area contributed by atoms with E-state index in [0.717, 1.165) is 32.5 Å². The smallest absolute Gasteiger partial charge is 0.223 e. The van der Waals surface area contributed by atoms with Crippen molar-refractivity contribution in [3.63, 3.8) is 0 Å². The maximum atomic E-state index is 6.38. The molecule has 1 aliphatic rings. The molecule has 0 spiro atoms. The van der Waals surface area contributed by atoms with Crippen LogP contribution in [-0.4, -0.2) is 34.7 Å². The molecular formula is C12H22N4O. The first-order chi connectivity index (χ1) is 7.99. The zero-order valence-corrected chi connectivity index (χ0v) is 10.9. The van der Waals surface area contributed by atoms with Gasteiger partial charge in [-0.1, -0.05) is 19.0 Å². The lowest BCUT2D eigenvalue weighted by atomic mass is 9.87. The molecule has 1 aromatic heterocycles. The molecule has 1 fully saturated rings. The van der Waals surface area contributed by atoms with Gasteiger partial charge in [0.1, 0.15) is 0 Å². The van der Waals surface area contributed by atoms with Crippen LogP contribution in [0.4, 0.5) is 0 Å². The van der Waals surface area contributed by atoms with Gasteiger partial charge in [-0.3, -0.25) is 0 Å². The molecular weight excluding hydrogens is 216 g/mol. The monoisotopic (exact) mass is 238 g/mol. The summed E-state index contributed by atoms with van der Waals surface area (Å²) in [7, 11) is 0. The molecule has 5 nitrogen and oxygen atoms in total. The summed E-state index contributed by atoms with van der Waals surface area (Å²) in [5.41, 5.74) is 5.98. The Hall–Kier alpha value is -0.940. The Morgan fingerprint density at radius 2 is 2.06 bits per heavy atom. The molecule has 0 saturated carbocycles. The van der Waals surface area contributed by atoms with Gasteiger partial charge in [0.2, 0.25) is 5.89 Å². The lowest BCUT2D eigenvalue weighted by Crippen LogP contribution is -2.49. The second kappa shape index (κ2) is 4.74. The third-order valence-corrected chi connectivity index (χ3v) is 3.34. The third kappa shape index (κ3) is 2.84. The number of nitrogens with zero attached hydrogens (tertiary/aromatic N) is 3. The molecule has 0 aliphatic carbocycles. The maximum Gasteiger partial charge on any atom is 0.223 e. The highest BCUT2D eigenvalue weighted by Crippen LogP contribution is 2.28. The molecule has 1 aromatic rings. The van der Waals surface area contributed by atoms with E-state index in [1.54, 1.807) is 6.92 Å². The summed E-state index contributed by atoms with van der Waals surface area (Å²) < 4.78 is 5.02. The number of aromatic nitrogens is 2. The van der Waals surface area contributed by atoms with Crippen molar-refractivity contribution in [2.45, 2.75) is 39.2 Å². The predicted molar refractivity (Wildman–Crippen MR) is 65.4 cm³/mol. The number of likely N-dealkylation sites (tertiary alicyclic amines) is 1. The minimum Gasteiger partial charge on any atom is -0.340 e. The van der Waals surface area contributed by atoms with Gasteiger partial charge in [-0.15, -0.1) is 0 Å². The average molecular weight is 238 g/mol. The minimum atomic E-state index is -0.398. The SMILES string of the molecule is Cc1nc(C2(N)CCN(CC(C)C)CC2)no1. The van der Waals surface area contributed by atoms with Gasteiger partial charge in [0, 0.05) is 26.6 Å². The van der Waals surface area contributed by atoms with E-state index >= 15 is 0 Å². The lowest BCUT2D eigenvalue weighted by Gasteiger charge is -2.37. The molecule has 17 heavy (non-hydrogen) atoms. The van der Waals surface area contributed by atoms with E-state index in [4.69, 9.17) is 10.3 Å². The summed E-state index contributed by atoms with van der Waals surface area (Å²) in [5.74, 6) is 1.96. The molecule has 0 unspecified atom stereocenters. The summed E-state index contributed by atoms with van der Waals surface area (Å²) in [6, 6.07) is 0. The summed E-state index contributed by atoms with van der Waals surface area (Å²) in [6.07, 6.45) is 1.80. The molecule has 0 radical (unpaired) electrons. The minimum absolute atomic E-state index is 0.398. The van der Waals surface area contributed by atoms with Crippen LogP contribution in [0, 0.1) is 12.8 Å². The van der Waals surface area contributed by atoms with E-state index in [0.29, 0.717) is 17.6 Å². The van der Waals surface area contributed by atoms with Crippen molar-refractivity contribution in [3.8, 4) is 0 Å². The van der Waals surface area contributed by atoms with Gasteiger partial charge in [0.15, 0.2) is 5.82 Å². The fourth-order valence-electron chi connectivity index (χ4n) is 2.38. The van der Waals surface area contributed by atoms with E-state index in [1.165, 1.54) is 0 Å². The highest BCUT2D eigenvalue weighted by atomic mass is 16.5. The van der Waals surface area contributed by atoms with Crippen molar-refractivity contribution < 1.29 is 4.52 Å². The van der Waals surface area contributed by atoms with Gasteiger partial charge in [-0.2, -0.15) is 4.98 Å². The normalized spacial score (nSPS) is 21.0. The van der Waals surface area contributed by atoms with Gasteiger partial charge in [-0.25, -0.2) is 0 Å². The summed E-state index contributed by atoms with van der Waals surface area (Å²) in [5, 5.41) is 3.97. The van der Waals surface area contributed by atoms with Gasteiger partial charge in [0.25, 0.3) is 0 Å². The summed E-state index contributed by atoms with van der Waals surface area (Å²) in [6.45, 7) is 9.46. The highest BCUT2D eigenvalue weighted by molar-refractivity contribution is 5.06. The standard InChI is InChI=1S/C12H22N4O/c1-9(2)8-16-6-4-12(13,5-7-16)11-14-10(3)17-15-11/h9H,4-8,13H2,1-3H3. The van der Waals surface area contributed by atoms with Crippen molar-refractivity contribution in [3.05, 3.63) is 11.7 Å². The highest BCUT2D eigenvalue weighted by Gasteiger charge is 2.36. The summed E-state index contributed by atoms with van der Waals surface area (Å²) >= 11 is 0. The van der Waals surface area contributed by atoms with Crippen molar-refractivity contribution >= 4 is 0 Å². The van der Waals surface area contributed by atoms with Crippen LogP contribution in [0.25, 0.3) is 0 Å². The lowest BCUT2D eigenvalue weighted by molar-refractivity contribution is 0.141. The zero-order chi connectivity index (χ0) is 12.5. The Bertz CT molecular complexity index is 366. The van der Waals surface area contributed by atoms with E-state index in [2.05, 4.69) is 28.9 Å². The molecule has 2 rings (SSSR count). The van der Waals surface area contributed by atoms with Crippen LogP contribution in [0.3, 0.4) is 0 Å². The Labute approximate surface area is 102 Å². The Balaban J connectivity index is 1.97. The van der Waals surface area contributed by atoms with Crippen LogP contribution >= 0.6 is 0 Å². The fraction of sp³-hybridized carbons (Fsp3) is 0.833. The van der Waals surface area contributed by atoms with Crippen LogP contribution in [0.1, 0.15) is 38.4 Å². The fourth-order valence-corrected chi connectivity index (χ4v) is 2.38. The number of rotatable bonds is 3. The first-order valence-corrected chi connectivity index (χ1v) is 6.31. The Kier molecular flexibility index (Phi) is 3.49. The van der Waals surface area contributed by atoms with Gasteiger partial charge < -0.3 is 15.2 Å². The van der Waals surface area contributed by atoms with Gasteiger partial charge in [0.05, 0.1) is 5.54 Å². The number of piperidine rings is 1. The van der Waals surface area contributed by atoms with E-state index in [1.807, 2.05) is 0 Å². The molecule has 0 bridgehead atoms. The average Bonchev–Trinajstić information content (AvgIpc) is 2.69. The largest absolute Gasteiger partial charge is 0.340 e. The second-order valence-corrected chi connectivity index (χ2v) is 5.49. The summed E-state index contributed by atoms with van der Waals surface area (Å²) in [4.78, 5) is 6.73. The first-order valence-electron chi connectivity index (χ1n) is 6.31. The molecule has 96 valence electrons. The van der Waals surface area contributed by atoms with E-state index < -0.39 is 5.54 Å². The molecule has 2 heterocycles. The van der Waals surface area contributed by atoms with Gasteiger partial charge in [-0.05, 0) is 18.8 Å². The molecule has 1 aliphatic heterocycles. The van der Waals surface area contributed by atoms with Gasteiger partial charge >= 0.3 is 0 Å². The van der Waals surface area contributed by atoms with Crippen LogP contribution in [0.2, 0.25) is 0 Å². The third-order valence-electron chi connectivity index (χ3n) is 3.34. The topological polar surface area (TPSA) is 68.2 Å². The molecule has 2 N–H and O–H groups in total. The van der Waals surface area contributed by atoms with Crippen molar-refractivity contribution in [2.24, 2.45) is 11.7 Å². The molecule has 1 saturated heterocycles. The predicted octanol–water partition coefficient (Wildman–Crippen LogP) is 1.28. The number of aryl methyl sites for hydroxylation is 1. The number of nitrogens with two attached hydrogens (primary N) is 1. The Morgan fingerprint density at radius 1 is 1.41 bits per heavy atom. The van der Waals surface area contributed by atoms with Crippen LogP contribution in [0.5, 0.6) is 0 Å². The first kappa shape index (κ1) is 12.5. The maximum absolute atomic E-state index is 6.38. The van der Waals surface area contributed by atoms with Crippen molar-refractivity contribution in [1.29, 1.82) is 0 Å². The molecule has 0 amide bonds. The van der Waals surface area contributed by atoms with E-state index in [9.17, 15) is 0 Å². The zero-order valence-electron chi connectivity index (χ0n) is 10.9. The molecule has 0 atom stereocenters. The van der Waals surface area contributed by atoms with Crippen LogP contribution < -0.4 is 5.73 Å². The number of hydrogen-bond donors (Lipinski definition) is 1. The quantitative estimate of drug-likeness (QED) is 0.859. The van der Waals surface area contributed by atoms with Crippen molar-refractivity contribution in [1.82, 2.24) is 15.0 Å². The van der Waals surface area contributed by atoms with Crippen molar-refractivity contribution in [2.75, 3.05) is 19.6 Å². The van der Waals surface area contributed by atoms with Crippen LogP contribution in [-0.2, 0) is 5.54 Å². The molecule has 0 aromatic carbocycles. The van der Waals surface area contributed by atoms with E-state index in [-0.39, 0.29) is 0 Å². The molecule has 5 heteroatoms. The Morgan fingerprint density at radius 3 is 2.53 bits per heavy atom. The second-order valence-electron chi connectivity index (χ2n) is 5.49. The van der Waals surface area contributed by atoms with Crippen LogP contribution in [0.15, 0.2) is 4.52 Å². The number of hydrogen-bond acceptors (Lipinski definition) is 5.